The van der Waals surface area contributed by atoms with Gasteiger partial charge in [0, 0.05) is 48.9 Å². The van der Waals surface area contributed by atoms with E-state index in [1.165, 1.54) is 0 Å². The first-order valence-electron chi connectivity index (χ1n) is 13.9. The molecule has 10 nitrogen and oxygen atoms in total. The van der Waals surface area contributed by atoms with Crippen LogP contribution in [0.5, 0.6) is 5.75 Å². The lowest BCUT2D eigenvalue weighted by Crippen LogP contribution is -2.46. The molecule has 4 rings (SSSR count). The van der Waals surface area contributed by atoms with Gasteiger partial charge in [-0.05, 0) is 141 Å². The van der Waals surface area contributed by atoms with Crippen LogP contribution in [0.2, 0.25) is 6.04 Å². The quantitative estimate of drug-likeness (QED) is 0.0589. The van der Waals surface area contributed by atoms with E-state index in [4.69, 9.17) is 22.4 Å². The molecule has 1 amide bonds. The van der Waals surface area contributed by atoms with Crippen molar-refractivity contribution >= 4 is 122 Å². The number of carbonyl (C=O) groups is 2. The van der Waals surface area contributed by atoms with Gasteiger partial charge >= 0.3 is 20.9 Å². The fraction of sp³-hybridized carbons (Fsp3) is 0.300. The van der Waals surface area contributed by atoms with Gasteiger partial charge in [-0.1, -0.05) is 18.2 Å². The lowest BCUT2D eigenvalue weighted by Gasteiger charge is -2.28. The van der Waals surface area contributed by atoms with Crippen LogP contribution in [-0.4, -0.2) is 52.3 Å². The zero-order valence-electron chi connectivity index (χ0n) is 24.4. The first-order chi connectivity index (χ1) is 21.5. The van der Waals surface area contributed by atoms with Crippen LogP contribution in [0.1, 0.15) is 37.6 Å². The molecule has 2 N–H and O–H groups in total. The van der Waals surface area contributed by atoms with Gasteiger partial charge in [-0.2, -0.15) is 0 Å². The summed E-state index contributed by atoms with van der Waals surface area (Å²) < 4.78 is 31.8. The maximum Gasteiger partial charge on any atom is 0.500 e. The summed E-state index contributed by atoms with van der Waals surface area (Å²) in [6, 6.07) is 10.8. The number of aromatic carboxylic acids is 1. The highest BCUT2D eigenvalue weighted by Gasteiger charge is 2.39. The average Bonchev–Trinajstić information content (AvgIpc) is 3.00. The van der Waals surface area contributed by atoms with E-state index >= 15 is 0 Å². The Hall–Kier alpha value is -1.11. The maximum absolute atomic E-state index is 12.9. The van der Waals surface area contributed by atoms with Crippen molar-refractivity contribution < 1.29 is 37.1 Å². The van der Waals surface area contributed by atoms with E-state index in [1.54, 1.807) is 36.4 Å². The van der Waals surface area contributed by atoms with Crippen LogP contribution >= 0.6 is 90.4 Å². The van der Waals surface area contributed by atoms with E-state index in [0.717, 1.165) is 0 Å². The Labute approximate surface area is 315 Å². The molecule has 0 atom stereocenters. The molecule has 2 aromatic rings. The second-order valence-electron chi connectivity index (χ2n) is 9.49. The van der Waals surface area contributed by atoms with Crippen LogP contribution in [0.15, 0.2) is 45.6 Å². The second kappa shape index (κ2) is 16.3. The molecule has 0 spiro atoms. The fourth-order valence-corrected chi connectivity index (χ4v) is 11.3. The molecule has 1 aliphatic carbocycles. The van der Waals surface area contributed by atoms with Crippen LogP contribution < -0.4 is 15.5 Å². The normalized spacial score (nSPS) is 11.7. The first-order valence-corrected chi connectivity index (χ1v) is 20.2. The van der Waals surface area contributed by atoms with E-state index < -0.39 is 20.9 Å². The van der Waals surface area contributed by atoms with Crippen LogP contribution in [-0.2, 0) is 13.3 Å². The molecule has 2 aliphatic rings. The van der Waals surface area contributed by atoms with Crippen molar-refractivity contribution in [2.24, 2.45) is 0 Å². The summed E-state index contributed by atoms with van der Waals surface area (Å²) in [6.07, 6.45) is -0.0831. The zero-order valence-corrected chi connectivity index (χ0v) is 34.1. The Morgan fingerprint density at radius 1 is 0.911 bits per heavy atom. The lowest BCUT2D eigenvalue weighted by molar-refractivity contribution is 0.0692. The van der Waals surface area contributed by atoms with E-state index in [-0.39, 0.29) is 16.7 Å². The Balaban J connectivity index is 1.73. The van der Waals surface area contributed by atoms with E-state index in [1.807, 2.05) is 66.0 Å². The number of ether oxygens (including phenoxy) is 1. The minimum Gasteiger partial charge on any atom is -0.478 e. The third-order valence-electron chi connectivity index (χ3n) is 6.65. The van der Waals surface area contributed by atoms with Gasteiger partial charge in [0.1, 0.15) is 7.14 Å². The minimum atomic E-state index is -2.84. The van der Waals surface area contributed by atoms with Gasteiger partial charge in [0.25, 0.3) is 0 Å². The molecule has 0 radical (unpaired) electrons. The monoisotopic (exact) mass is 1080 g/mol. The van der Waals surface area contributed by atoms with Gasteiger partial charge in [-0.15, -0.1) is 0 Å². The largest absolute Gasteiger partial charge is 0.500 e. The van der Waals surface area contributed by atoms with Crippen molar-refractivity contribution in [3.05, 3.63) is 66.5 Å². The smallest absolute Gasteiger partial charge is 0.478 e. The summed E-state index contributed by atoms with van der Waals surface area (Å²) in [4.78, 5) is 38.1. The number of fused-ring (bicyclic) bond motifs is 2. The number of hydrogen-bond donors (Lipinski definition) is 2. The molecule has 240 valence electrons. The van der Waals surface area contributed by atoms with Crippen LogP contribution in [0.25, 0.3) is 33.4 Å². The summed E-state index contributed by atoms with van der Waals surface area (Å²) >= 11 is 8.07. The molecule has 0 unspecified atom stereocenters. The number of hydrogen-bond acceptors (Lipinski definition) is 8. The van der Waals surface area contributed by atoms with Gasteiger partial charge in [0.2, 0.25) is 5.43 Å². The molecule has 15 heteroatoms. The number of carbonyl (C=O) groups excluding carboxylic acids is 1. The Bertz CT molecular complexity index is 1750. The topological polar surface area (TPSA) is 134 Å². The van der Waals surface area contributed by atoms with Gasteiger partial charge in [0.05, 0.1) is 12.7 Å². The highest BCUT2D eigenvalue weighted by atomic mass is 127. The standard InChI is InChI=1S/C30H29I4NO9Si/c1-4-40-45(41-5-2,42-6-3)13-9-12-35-30(39)44-28-21(32)15-19-22(16-10-7-8-11-17(16)29(37)38)18-14-20(31)25(36)23(33)26(18)43-27(19)24(28)34/h7-8,10-11,14-15H,4-6,9,12-13H2,1-3H3,(H,35,39)(H,37,38). The molecule has 2 aromatic carbocycles. The predicted octanol–water partition coefficient (Wildman–Crippen LogP) is 8.21. The summed E-state index contributed by atoms with van der Waals surface area (Å²) in [5.74, 6) is -0.475. The van der Waals surface area contributed by atoms with Crippen molar-refractivity contribution in [1.29, 1.82) is 0 Å². The van der Waals surface area contributed by atoms with Crippen molar-refractivity contribution in [1.82, 2.24) is 5.32 Å². The number of carboxylic acids is 1. The molecular weight excluding hydrogens is 1050 g/mol. The van der Waals surface area contributed by atoms with Crippen molar-refractivity contribution in [3.63, 3.8) is 0 Å². The number of carboxylic acid groups (broad SMARTS) is 1. The Morgan fingerprint density at radius 2 is 1.56 bits per heavy atom. The summed E-state index contributed by atoms with van der Waals surface area (Å²) in [6.45, 7) is 7.41. The van der Waals surface area contributed by atoms with Crippen LogP contribution in [0, 0.1) is 14.3 Å². The van der Waals surface area contributed by atoms with Gasteiger partial charge < -0.3 is 32.9 Å². The number of amides is 1. The SMILES string of the molecule is CCO[Si](CCCNC(=O)Oc1c(I)cc2c(-c3ccccc3C(=O)O)c3cc(I)c(=O)c(I)c-3oc2c1I)(OCC)OCC. The predicted molar refractivity (Wildman–Crippen MR) is 206 cm³/mol. The second-order valence-corrected chi connectivity index (χ2v) is 16.7. The van der Waals surface area contributed by atoms with Crippen LogP contribution in [0.4, 0.5) is 4.79 Å². The molecule has 0 saturated carbocycles. The molecule has 0 fully saturated rings. The zero-order chi connectivity index (χ0) is 32.9. The number of nitrogens with one attached hydrogen (secondary N) is 1. The molecule has 0 saturated heterocycles. The summed E-state index contributed by atoms with van der Waals surface area (Å²) in [5, 5.41) is 13.4. The first kappa shape index (κ1) is 36.7. The molecule has 0 aromatic heterocycles. The van der Waals surface area contributed by atoms with Gasteiger partial charge in [0.15, 0.2) is 17.1 Å². The number of benzene rings is 3. The highest BCUT2D eigenvalue weighted by Crippen LogP contribution is 2.46. The fourth-order valence-electron chi connectivity index (χ4n) is 4.88. The van der Waals surface area contributed by atoms with E-state index in [2.05, 4.69) is 50.5 Å². The lowest BCUT2D eigenvalue weighted by atomic mass is 9.91. The highest BCUT2D eigenvalue weighted by molar-refractivity contribution is 14.1. The Morgan fingerprint density at radius 3 is 2.18 bits per heavy atom. The number of halogens is 4. The summed E-state index contributed by atoms with van der Waals surface area (Å²) in [7, 11) is -2.84. The van der Waals surface area contributed by atoms with E-state index in [9.17, 15) is 19.5 Å². The van der Waals surface area contributed by atoms with Gasteiger partial charge in [-0.3, -0.25) is 4.79 Å². The molecule has 45 heavy (non-hydrogen) atoms. The van der Waals surface area contributed by atoms with Gasteiger partial charge in [-0.25, -0.2) is 9.59 Å². The third kappa shape index (κ3) is 8.13. The van der Waals surface area contributed by atoms with E-state index in [0.29, 0.717) is 86.5 Å². The molecule has 1 aliphatic heterocycles. The molecule has 1 heterocycles. The maximum atomic E-state index is 12.9. The molecular formula is C30H29I4NO9Si. The third-order valence-corrected chi connectivity index (χ3v) is 13.4. The Kier molecular flexibility index (Phi) is 13.3. The molecule has 0 bridgehead atoms. The van der Waals surface area contributed by atoms with Crippen molar-refractivity contribution in [3.8, 4) is 28.2 Å². The van der Waals surface area contributed by atoms with Crippen molar-refractivity contribution in [2.45, 2.75) is 33.2 Å². The number of rotatable bonds is 13. The minimum absolute atomic E-state index is 0.109. The van der Waals surface area contributed by atoms with Crippen molar-refractivity contribution in [2.75, 3.05) is 26.4 Å². The van der Waals surface area contributed by atoms with Crippen LogP contribution in [0.3, 0.4) is 0 Å². The average molecular weight is 1080 g/mol. The summed E-state index contributed by atoms with van der Waals surface area (Å²) in [5.41, 5.74) is 1.97.